The molecule has 1 aromatic heterocycles. The van der Waals surface area contributed by atoms with Gasteiger partial charge in [0.05, 0.1) is 23.4 Å². The number of anilines is 1. The Hall–Kier alpha value is -5.11. The van der Waals surface area contributed by atoms with Gasteiger partial charge in [-0.3, -0.25) is 19.3 Å². The Kier molecular flexibility index (Phi) is 5.76. The zero-order valence-corrected chi connectivity index (χ0v) is 20.9. The monoisotopic (exact) mass is 500 g/mol. The number of para-hydroxylation sites is 2. The second kappa shape index (κ2) is 9.40. The fourth-order valence-corrected chi connectivity index (χ4v) is 4.61. The average Bonchev–Trinajstić information content (AvgIpc) is 3.26. The molecule has 0 saturated heterocycles. The van der Waals surface area contributed by atoms with Crippen molar-refractivity contribution >= 4 is 22.5 Å². The molecule has 8 nitrogen and oxygen atoms in total. The van der Waals surface area contributed by atoms with E-state index in [2.05, 4.69) is 15.4 Å². The Morgan fingerprint density at radius 3 is 2.37 bits per heavy atom. The summed E-state index contributed by atoms with van der Waals surface area (Å²) in [5.74, 6) is -0.108. The first-order chi connectivity index (χ1) is 18.5. The number of carbonyl (C=O) groups is 1. The van der Waals surface area contributed by atoms with Gasteiger partial charge in [0, 0.05) is 29.8 Å². The molecule has 8 heteroatoms. The zero-order valence-electron chi connectivity index (χ0n) is 20.9. The molecule has 0 aliphatic carbocycles. The van der Waals surface area contributed by atoms with E-state index in [0.717, 1.165) is 44.7 Å². The van der Waals surface area contributed by atoms with Crippen molar-refractivity contribution in [3.63, 3.8) is 0 Å². The SMILES string of the molecule is CC(=O)Nc1ccc(-c2ccc(Cn3nc4c(=O)n(-c5ccccc5C)nc-4c4ccccc43)cn2)cc1. The van der Waals surface area contributed by atoms with Crippen LogP contribution in [-0.4, -0.2) is 30.5 Å². The second-order valence-electron chi connectivity index (χ2n) is 9.19. The van der Waals surface area contributed by atoms with Crippen LogP contribution in [0.2, 0.25) is 0 Å². The first kappa shape index (κ1) is 23.3. The Bertz CT molecular complexity index is 1820. The summed E-state index contributed by atoms with van der Waals surface area (Å²) in [4.78, 5) is 29.3. The van der Waals surface area contributed by atoms with E-state index in [1.807, 2.05) is 103 Å². The van der Waals surface area contributed by atoms with Crippen LogP contribution in [0.4, 0.5) is 5.69 Å². The second-order valence-corrected chi connectivity index (χ2v) is 9.19. The Labute approximate surface area is 218 Å². The van der Waals surface area contributed by atoms with Crippen LogP contribution >= 0.6 is 0 Å². The van der Waals surface area contributed by atoms with Gasteiger partial charge in [0.2, 0.25) is 5.91 Å². The lowest BCUT2D eigenvalue weighted by molar-refractivity contribution is -0.114. The number of hydrogen-bond acceptors (Lipinski definition) is 5. The van der Waals surface area contributed by atoms with Crippen LogP contribution in [0.25, 0.3) is 39.2 Å². The van der Waals surface area contributed by atoms with Crippen molar-refractivity contribution in [1.82, 2.24) is 24.5 Å². The van der Waals surface area contributed by atoms with Gasteiger partial charge in [-0.2, -0.15) is 14.9 Å². The topological polar surface area (TPSA) is 94.7 Å². The molecule has 2 aliphatic heterocycles. The van der Waals surface area contributed by atoms with Gasteiger partial charge in [0.25, 0.3) is 0 Å². The Morgan fingerprint density at radius 2 is 1.63 bits per heavy atom. The van der Waals surface area contributed by atoms with E-state index in [1.165, 1.54) is 11.6 Å². The van der Waals surface area contributed by atoms with Crippen molar-refractivity contribution in [3.8, 4) is 28.3 Å². The number of rotatable bonds is 5. The van der Waals surface area contributed by atoms with Crippen LogP contribution in [0, 0.1) is 6.92 Å². The molecule has 3 heterocycles. The maximum absolute atomic E-state index is 13.4. The maximum atomic E-state index is 13.4. The molecule has 3 aromatic carbocycles. The number of hydrogen-bond donors (Lipinski definition) is 1. The molecule has 4 aromatic rings. The molecule has 1 amide bonds. The van der Waals surface area contributed by atoms with Gasteiger partial charge in [-0.1, -0.05) is 54.6 Å². The highest BCUT2D eigenvalue weighted by Crippen LogP contribution is 2.27. The number of nitrogens with zero attached hydrogens (tertiary/aromatic N) is 5. The van der Waals surface area contributed by atoms with Gasteiger partial charge in [0.1, 0.15) is 5.69 Å². The van der Waals surface area contributed by atoms with Crippen LogP contribution in [0.15, 0.2) is 95.9 Å². The third-order valence-corrected chi connectivity index (χ3v) is 6.48. The molecule has 0 spiro atoms. The van der Waals surface area contributed by atoms with Crippen LogP contribution in [0.1, 0.15) is 18.1 Å². The lowest BCUT2D eigenvalue weighted by Crippen LogP contribution is -2.18. The van der Waals surface area contributed by atoms with Gasteiger partial charge in [-0.15, -0.1) is 0 Å². The molecule has 0 fully saturated rings. The van der Waals surface area contributed by atoms with E-state index in [9.17, 15) is 9.59 Å². The van der Waals surface area contributed by atoms with Gasteiger partial charge in [-0.05, 0) is 48.4 Å². The van der Waals surface area contributed by atoms with Crippen molar-refractivity contribution in [2.24, 2.45) is 0 Å². The molecule has 0 unspecified atom stereocenters. The number of amides is 1. The van der Waals surface area contributed by atoms with E-state index >= 15 is 0 Å². The fraction of sp³-hybridized carbons (Fsp3) is 0.100. The molecule has 186 valence electrons. The summed E-state index contributed by atoms with van der Waals surface area (Å²) in [6.07, 6.45) is 1.82. The average molecular weight is 501 g/mol. The van der Waals surface area contributed by atoms with Crippen LogP contribution in [-0.2, 0) is 11.3 Å². The molecule has 1 N–H and O–H groups in total. The molecule has 38 heavy (non-hydrogen) atoms. The maximum Gasteiger partial charge on any atom is 0.301 e. The third kappa shape index (κ3) is 4.22. The molecule has 0 saturated carbocycles. The minimum absolute atomic E-state index is 0.108. The van der Waals surface area contributed by atoms with Crippen molar-refractivity contribution in [3.05, 3.63) is 113 Å². The molecule has 2 aliphatic rings. The van der Waals surface area contributed by atoms with Crippen LogP contribution in [0.5, 0.6) is 0 Å². The summed E-state index contributed by atoms with van der Waals surface area (Å²) in [6.45, 7) is 3.89. The first-order valence-corrected chi connectivity index (χ1v) is 12.3. The molecule has 0 atom stereocenters. The number of aromatic nitrogens is 5. The lowest BCUT2D eigenvalue weighted by atomic mass is 10.1. The van der Waals surface area contributed by atoms with Crippen molar-refractivity contribution in [2.75, 3.05) is 5.32 Å². The third-order valence-electron chi connectivity index (χ3n) is 6.48. The highest BCUT2D eigenvalue weighted by Gasteiger charge is 2.23. The van der Waals surface area contributed by atoms with E-state index in [0.29, 0.717) is 17.9 Å². The van der Waals surface area contributed by atoms with E-state index in [4.69, 9.17) is 5.10 Å². The zero-order chi connectivity index (χ0) is 26.2. The van der Waals surface area contributed by atoms with Gasteiger partial charge in [0.15, 0.2) is 5.69 Å². The molecule has 0 bridgehead atoms. The van der Waals surface area contributed by atoms with E-state index < -0.39 is 0 Å². The molecular formula is C30H24N6O2. The minimum atomic E-state index is -0.245. The highest BCUT2D eigenvalue weighted by atomic mass is 16.1. The van der Waals surface area contributed by atoms with E-state index in [1.54, 1.807) is 0 Å². The molecule has 0 radical (unpaired) electrons. The first-order valence-electron chi connectivity index (χ1n) is 12.3. The van der Waals surface area contributed by atoms with Crippen molar-refractivity contribution < 1.29 is 4.79 Å². The summed E-state index contributed by atoms with van der Waals surface area (Å²) in [5, 5.41) is 13.1. The quantitative estimate of drug-likeness (QED) is 0.357. The standard InChI is InChI=1S/C30H24N6O2/c1-19-7-3-5-9-26(19)36-30(38)29-28(34-36)24-8-4-6-10-27(24)35(33-29)18-21-11-16-25(31-17-21)22-12-14-23(15-13-22)32-20(2)37/h3-17H,18H2,1-2H3,(H,32,37). The van der Waals surface area contributed by atoms with Crippen LogP contribution in [0.3, 0.4) is 0 Å². The van der Waals surface area contributed by atoms with Gasteiger partial charge >= 0.3 is 5.56 Å². The molecule has 6 rings (SSSR count). The number of aryl methyl sites for hydroxylation is 1. The van der Waals surface area contributed by atoms with Crippen molar-refractivity contribution in [1.29, 1.82) is 0 Å². The van der Waals surface area contributed by atoms with E-state index in [-0.39, 0.29) is 11.5 Å². The normalized spacial score (nSPS) is 11.2. The largest absolute Gasteiger partial charge is 0.326 e. The van der Waals surface area contributed by atoms with Gasteiger partial charge in [-0.25, -0.2) is 0 Å². The lowest BCUT2D eigenvalue weighted by Gasteiger charge is -2.12. The number of fused-ring (bicyclic) bond motifs is 3. The predicted molar refractivity (Wildman–Crippen MR) is 148 cm³/mol. The Balaban J connectivity index is 1.36. The summed E-state index contributed by atoms with van der Waals surface area (Å²) < 4.78 is 3.28. The highest BCUT2D eigenvalue weighted by molar-refractivity contribution is 5.92. The summed E-state index contributed by atoms with van der Waals surface area (Å²) in [6, 6.07) is 27.0. The Morgan fingerprint density at radius 1 is 0.868 bits per heavy atom. The number of pyridine rings is 1. The summed E-state index contributed by atoms with van der Waals surface area (Å²) >= 11 is 0. The van der Waals surface area contributed by atoms with Gasteiger partial charge < -0.3 is 5.32 Å². The fourth-order valence-electron chi connectivity index (χ4n) is 4.61. The number of benzene rings is 3. The summed E-state index contributed by atoms with van der Waals surface area (Å²) in [7, 11) is 0. The van der Waals surface area contributed by atoms with Crippen molar-refractivity contribution in [2.45, 2.75) is 20.4 Å². The number of carbonyl (C=O) groups excluding carboxylic acids is 1. The number of nitrogens with one attached hydrogen (secondary N) is 1. The molecular weight excluding hydrogens is 476 g/mol. The minimum Gasteiger partial charge on any atom is -0.326 e. The summed E-state index contributed by atoms with van der Waals surface area (Å²) in [5.41, 5.74) is 6.72. The van der Waals surface area contributed by atoms with Crippen LogP contribution < -0.4 is 10.9 Å². The predicted octanol–water partition coefficient (Wildman–Crippen LogP) is 5.06. The smallest absolute Gasteiger partial charge is 0.301 e.